The highest BCUT2D eigenvalue weighted by Crippen LogP contribution is 2.24. The number of likely N-dealkylation sites (tertiary alicyclic amines) is 1. The molecule has 0 radical (unpaired) electrons. The van der Waals surface area contributed by atoms with E-state index in [2.05, 4.69) is 45.4 Å². The quantitative estimate of drug-likeness (QED) is 0.863. The first-order valence-electron chi connectivity index (χ1n) is 7.04. The highest BCUT2D eigenvalue weighted by Gasteiger charge is 2.20. The van der Waals surface area contributed by atoms with Crippen molar-refractivity contribution in [2.45, 2.75) is 25.8 Å². The Balaban J connectivity index is 1.47. The summed E-state index contributed by atoms with van der Waals surface area (Å²) in [5, 5.41) is 8.98. The summed E-state index contributed by atoms with van der Waals surface area (Å²) < 4.78 is 0.541. The maximum Gasteiger partial charge on any atom is 0.207 e. The van der Waals surface area contributed by atoms with Gasteiger partial charge in [-0.2, -0.15) is 0 Å². The lowest BCUT2D eigenvalue weighted by molar-refractivity contribution is 0.176. The number of benzene rings is 1. The molecule has 1 aliphatic heterocycles. The van der Waals surface area contributed by atoms with Crippen LogP contribution in [0.2, 0.25) is 4.47 Å². The molecule has 0 spiro atoms. The van der Waals surface area contributed by atoms with Crippen molar-refractivity contribution in [3.63, 3.8) is 0 Å². The van der Waals surface area contributed by atoms with Gasteiger partial charge in [-0.25, -0.2) is 0 Å². The number of piperidine rings is 1. The van der Waals surface area contributed by atoms with Crippen LogP contribution in [-0.2, 0) is 13.0 Å². The average molecular weight is 308 g/mol. The van der Waals surface area contributed by atoms with Crippen molar-refractivity contribution in [3.8, 4) is 0 Å². The number of hydrogen-bond acceptors (Lipinski definition) is 4. The van der Waals surface area contributed by atoms with Gasteiger partial charge in [-0.15, -0.1) is 10.2 Å². The monoisotopic (exact) mass is 307 g/mol. The van der Waals surface area contributed by atoms with Crippen molar-refractivity contribution in [2.75, 3.05) is 13.1 Å². The molecule has 0 atom stereocenters. The number of rotatable bonds is 4. The maximum atomic E-state index is 5.82. The summed E-state index contributed by atoms with van der Waals surface area (Å²) in [5.74, 6) is 0.812. The van der Waals surface area contributed by atoms with Gasteiger partial charge in [-0.3, -0.25) is 4.90 Å². The second-order valence-electron chi connectivity index (χ2n) is 5.36. The minimum Gasteiger partial charge on any atom is -0.297 e. The second-order valence-corrected chi connectivity index (χ2v) is 7.00. The predicted octanol–water partition coefficient (Wildman–Crippen LogP) is 3.65. The highest BCUT2D eigenvalue weighted by atomic mass is 35.5. The molecule has 2 aromatic rings. The third-order valence-corrected chi connectivity index (χ3v) is 4.88. The number of nitrogens with zero attached hydrogens (tertiary/aromatic N) is 3. The van der Waals surface area contributed by atoms with Crippen molar-refractivity contribution in [1.29, 1.82) is 0 Å². The average Bonchev–Trinajstić information content (AvgIpc) is 2.88. The third-order valence-electron chi connectivity index (χ3n) is 3.88. The summed E-state index contributed by atoms with van der Waals surface area (Å²) in [7, 11) is 0. The van der Waals surface area contributed by atoms with Gasteiger partial charge < -0.3 is 0 Å². The van der Waals surface area contributed by atoms with Gasteiger partial charge in [0.05, 0.1) is 6.54 Å². The van der Waals surface area contributed by atoms with Crippen LogP contribution in [0.4, 0.5) is 0 Å². The first-order chi connectivity index (χ1) is 9.79. The molecule has 1 fully saturated rings. The molecule has 0 amide bonds. The zero-order valence-electron chi connectivity index (χ0n) is 11.3. The first kappa shape index (κ1) is 14.0. The third kappa shape index (κ3) is 3.78. The van der Waals surface area contributed by atoms with Gasteiger partial charge >= 0.3 is 0 Å². The van der Waals surface area contributed by atoms with Crippen molar-refractivity contribution in [2.24, 2.45) is 5.92 Å². The summed E-state index contributed by atoms with van der Waals surface area (Å²) in [4.78, 5) is 2.46. The Kier molecular flexibility index (Phi) is 4.65. The summed E-state index contributed by atoms with van der Waals surface area (Å²) in [6, 6.07) is 10.8. The van der Waals surface area contributed by atoms with E-state index in [9.17, 15) is 0 Å². The Morgan fingerprint density at radius 2 is 1.90 bits per heavy atom. The number of halogens is 1. The molecule has 20 heavy (non-hydrogen) atoms. The number of hydrogen-bond donors (Lipinski definition) is 0. The lowest BCUT2D eigenvalue weighted by Gasteiger charge is -2.31. The first-order valence-corrected chi connectivity index (χ1v) is 8.23. The maximum absolute atomic E-state index is 5.82. The fraction of sp³-hybridized carbons (Fsp3) is 0.467. The summed E-state index contributed by atoms with van der Waals surface area (Å²) in [5.41, 5.74) is 1.46. The molecular weight excluding hydrogens is 290 g/mol. The van der Waals surface area contributed by atoms with E-state index in [-0.39, 0.29) is 0 Å². The van der Waals surface area contributed by atoms with Crippen LogP contribution in [0.5, 0.6) is 0 Å². The molecular formula is C15H18ClN3S. The summed E-state index contributed by atoms with van der Waals surface area (Å²) >= 11 is 7.30. The van der Waals surface area contributed by atoms with E-state index in [4.69, 9.17) is 11.6 Å². The van der Waals surface area contributed by atoms with Crippen LogP contribution in [0.1, 0.15) is 23.4 Å². The van der Waals surface area contributed by atoms with Crippen LogP contribution in [-0.4, -0.2) is 28.2 Å². The normalized spacial score (nSPS) is 17.4. The Morgan fingerprint density at radius 1 is 1.15 bits per heavy atom. The SMILES string of the molecule is Clc1nnc(CN2CCC(Cc3ccccc3)CC2)s1. The van der Waals surface area contributed by atoms with Crippen molar-refractivity contribution in [1.82, 2.24) is 15.1 Å². The zero-order valence-corrected chi connectivity index (χ0v) is 12.9. The van der Waals surface area contributed by atoms with Gasteiger partial charge in [-0.05, 0) is 55.4 Å². The molecule has 1 aromatic heterocycles. The molecule has 0 saturated carbocycles. The van der Waals surface area contributed by atoms with Crippen molar-refractivity contribution in [3.05, 3.63) is 45.4 Å². The van der Waals surface area contributed by atoms with Crippen LogP contribution < -0.4 is 0 Å². The van der Waals surface area contributed by atoms with Gasteiger partial charge in [0.15, 0.2) is 0 Å². The molecule has 1 saturated heterocycles. The zero-order chi connectivity index (χ0) is 13.8. The lowest BCUT2D eigenvalue weighted by atomic mass is 9.90. The molecule has 0 bridgehead atoms. The molecule has 0 N–H and O–H groups in total. The summed E-state index contributed by atoms with van der Waals surface area (Å²) in [6.07, 6.45) is 3.74. The largest absolute Gasteiger partial charge is 0.297 e. The Hall–Kier alpha value is -0.970. The molecule has 1 aromatic carbocycles. The topological polar surface area (TPSA) is 29.0 Å². The molecule has 106 valence electrons. The van der Waals surface area contributed by atoms with Crippen LogP contribution in [0.25, 0.3) is 0 Å². The fourth-order valence-electron chi connectivity index (χ4n) is 2.78. The van der Waals surface area contributed by atoms with Gasteiger partial charge in [0.1, 0.15) is 5.01 Å². The van der Waals surface area contributed by atoms with E-state index < -0.39 is 0 Å². The molecule has 3 nitrogen and oxygen atoms in total. The van der Waals surface area contributed by atoms with E-state index in [0.29, 0.717) is 4.47 Å². The highest BCUT2D eigenvalue weighted by molar-refractivity contribution is 7.15. The van der Waals surface area contributed by atoms with Gasteiger partial charge in [0, 0.05) is 0 Å². The predicted molar refractivity (Wildman–Crippen MR) is 83.1 cm³/mol. The van der Waals surface area contributed by atoms with E-state index in [0.717, 1.165) is 30.6 Å². The van der Waals surface area contributed by atoms with E-state index >= 15 is 0 Å². The fourth-order valence-corrected chi connectivity index (χ4v) is 3.69. The Bertz CT molecular complexity index is 535. The Labute approximate surface area is 128 Å². The van der Waals surface area contributed by atoms with E-state index in [1.54, 1.807) is 0 Å². The number of aromatic nitrogens is 2. The van der Waals surface area contributed by atoms with Crippen LogP contribution >= 0.6 is 22.9 Å². The van der Waals surface area contributed by atoms with Crippen molar-refractivity contribution < 1.29 is 0 Å². The molecule has 1 aliphatic rings. The van der Waals surface area contributed by atoms with Crippen molar-refractivity contribution >= 4 is 22.9 Å². The molecule has 3 rings (SSSR count). The van der Waals surface area contributed by atoms with Crippen LogP contribution in [0, 0.1) is 5.92 Å². The van der Waals surface area contributed by atoms with Gasteiger partial charge in [-0.1, -0.05) is 41.7 Å². The minimum absolute atomic E-state index is 0.541. The molecule has 0 aliphatic carbocycles. The van der Waals surface area contributed by atoms with E-state index in [1.165, 1.54) is 36.2 Å². The summed E-state index contributed by atoms with van der Waals surface area (Å²) in [6.45, 7) is 3.19. The minimum atomic E-state index is 0.541. The molecule has 0 unspecified atom stereocenters. The van der Waals surface area contributed by atoms with Crippen LogP contribution in [0.15, 0.2) is 30.3 Å². The van der Waals surface area contributed by atoms with Gasteiger partial charge in [0.25, 0.3) is 0 Å². The van der Waals surface area contributed by atoms with Crippen LogP contribution in [0.3, 0.4) is 0 Å². The lowest BCUT2D eigenvalue weighted by Crippen LogP contribution is -2.33. The standard InChI is InChI=1S/C15H18ClN3S/c16-15-18-17-14(20-15)11-19-8-6-13(7-9-19)10-12-4-2-1-3-5-12/h1-5,13H,6-11H2. The smallest absolute Gasteiger partial charge is 0.207 e. The Morgan fingerprint density at radius 3 is 2.55 bits per heavy atom. The molecule has 2 heterocycles. The second kappa shape index (κ2) is 6.66. The molecule has 5 heteroatoms. The van der Waals surface area contributed by atoms with Gasteiger partial charge in [0.2, 0.25) is 4.47 Å². The van der Waals surface area contributed by atoms with E-state index in [1.807, 2.05) is 0 Å².